The molecule has 0 aliphatic carbocycles. The third-order valence-corrected chi connectivity index (χ3v) is 11.5. The molecule has 3 heterocycles. The largest absolute Gasteiger partial charge is 0.341 e. The Morgan fingerprint density at radius 3 is 1.96 bits per heavy atom. The molecule has 0 aromatic heterocycles. The van der Waals surface area contributed by atoms with Gasteiger partial charge in [0.15, 0.2) is 6.29 Å². The van der Waals surface area contributed by atoms with E-state index in [1.807, 2.05) is 13.8 Å². The van der Waals surface area contributed by atoms with E-state index >= 15 is 0 Å². The molecule has 0 N–H and O–H groups in total. The molecule has 0 aromatic carbocycles. The van der Waals surface area contributed by atoms with Gasteiger partial charge in [-0.2, -0.15) is 0 Å². The summed E-state index contributed by atoms with van der Waals surface area (Å²) in [5.41, 5.74) is 0. The van der Waals surface area contributed by atoms with Crippen LogP contribution >= 0.6 is 13.3 Å². The Hall–Kier alpha value is 1.02. The van der Waals surface area contributed by atoms with Crippen molar-refractivity contribution < 1.29 is 22.8 Å². The molecule has 3 saturated heterocycles. The van der Waals surface area contributed by atoms with Gasteiger partial charge in [0.2, 0.25) is 0 Å². The molecule has 0 amide bonds. The zero-order valence-corrected chi connectivity index (χ0v) is 17.9. The van der Waals surface area contributed by atoms with E-state index in [4.69, 9.17) is 46.4 Å². The first-order valence-corrected chi connectivity index (χ1v) is 13.6. The maximum Gasteiger partial charge on any atom is 0.266 e. The molecular weight excluding hydrogens is 390 g/mol. The minimum atomic E-state index is -2.57. The number of rotatable bonds is 6. The predicted molar refractivity (Wildman–Crippen MR) is 99.9 cm³/mol. The van der Waals surface area contributed by atoms with Crippen LogP contribution in [0.5, 0.6) is 0 Å². The zero-order chi connectivity index (χ0) is 17.5. The Kier molecular flexibility index (Phi) is 6.23. The molecule has 0 saturated carbocycles. The number of hydrogen-bond donors (Lipinski definition) is 0. The van der Waals surface area contributed by atoms with Gasteiger partial charge in [-0.3, -0.25) is 4.52 Å². The molecule has 0 aromatic rings. The van der Waals surface area contributed by atoms with Gasteiger partial charge in [0.05, 0.1) is 6.61 Å². The second kappa shape index (κ2) is 7.56. The normalized spacial score (nSPS) is 44.9. The summed E-state index contributed by atoms with van der Waals surface area (Å²) >= 11 is 11.5. The van der Waals surface area contributed by atoms with Crippen molar-refractivity contribution in [2.45, 2.75) is 52.3 Å². The highest BCUT2D eigenvalue weighted by Gasteiger charge is 2.60. The lowest BCUT2D eigenvalue weighted by atomic mass is 10.1. The van der Waals surface area contributed by atoms with Gasteiger partial charge >= 0.3 is 0 Å². The topological polar surface area (TPSA) is 52.6 Å². The fourth-order valence-electron chi connectivity index (χ4n) is 3.23. The van der Waals surface area contributed by atoms with Crippen LogP contribution in [-0.2, 0) is 46.4 Å². The molecule has 0 radical (unpaired) electrons. The molecule has 3 aliphatic rings. The summed E-state index contributed by atoms with van der Waals surface area (Å²) in [5.74, 6) is 0. The fraction of sp³-hybridized carbons (Fsp3) is 1.00. The van der Waals surface area contributed by atoms with E-state index in [0.29, 0.717) is 6.61 Å². The Labute approximate surface area is 154 Å². The van der Waals surface area contributed by atoms with Gasteiger partial charge in [-0.25, -0.2) is 9.34 Å². The van der Waals surface area contributed by atoms with E-state index in [1.54, 1.807) is 0 Å². The minimum absolute atomic E-state index is 0.248. The molecule has 24 heavy (non-hydrogen) atoms. The predicted octanol–water partition coefficient (Wildman–Crippen LogP) is 2.67. The maximum atomic E-state index is 6.20. The molecule has 0 unspecified atom stereocenters. The number of nitrogens with zero attached hydrogens (tertiary/aromatic N) is 2. The van der Waals surface area contributed by atoms with Crippen LogP contribution in [0, 0.1) is 0 Å². The summed E-state index contributed by atoms with van der Waals surface area (Å²) in [7, 11) is 0. The van der Waals surface area contributed by atoms with E-state index in [2.05, 4.69) is 23.2 Å². The Bertz CT molecular complexity index is 560. The van der Waals surface area contributed by atoms with Gasteiger partial charge in [-0.15, -0.1) is 0 Å². The monoisotopic (exact) mass is 416 g/mol. The minimum Gasteiger partial charge on any atom is -0.341 e. The van der Waals surface area contributed by atoms with Crippen molar-refractivity contribution in [2.24, 2.45) is 0 Å². The summed E-state index contributed by atoms with van der Waals surface area (Å²) in [6.07, 6.45) is -1.40. The van der Waals surface area contributed by atoms with Gasteiger partial charge in [-0.1, -0.05) is 27.7 Å². The summed E-state index contributed by atoms with van der Waals surface area (Å²) in [6.45, 7) is 6.62. The van der Waals surface area contributed by atoms with Gasteiger partial charge in [0, 0.05) is 26.2 Å². The summed E-state index contributed by atoms with van der Waals surface area (Å²) < 4.78 is 34.6. The fourth-order valence-corrected chi connectivity index (χ4v) is 9.57. The van der Waals surface area contributed by atoms with E-state index < -0.39 is 19.6 Å². The second-order valence-electron chi connectivity index (χ2n) is 5.80. The number of fused-ring (bicyclic) bond motifs is 5. The van der Waals surface area contributed by atoms with Gasteiger partial charge in [0.25, 0.3) is 13.3 Å². The molecule has 3 fully saturated rings. The zero-order valence-electron chi connectivity index (χ0n) is 14.5. The van der Waals surface area contributed by atoms with Gasteiger partial charge in [-0.05, 0) is 23.6 Å². The second-order valence-corrected chi connectivity index (χ2v) is 12.5. The van der Waals surface area contributed by atoms with Crippen molar-refractivity contribution in [3.8, 4) is 0 Å². The summed E-state index contributed by atoms with van der Waals surface area (Å²) in [5, 5.41) is 0. The highest BCUT2D eigenvalue weighted by molar-refractivity contribution is 8.09. The lowest BCUT2D eigenvalue weighted by Crippen LogP contribution is -2.36. The van der Waals surface area contributed by atoms with Gasteiger partial charge in [0.1, 0.15) is 18.3 Å². The van der Waals surface area contributed by atoms with Crippen molar-refractivity contribution in [2.75, 3.05) is 32.8 Å². The molecule has 3 rings (SSSR count). The van der Waals surface area contributed by atoms with Crippen molar-refractivity contribution in [1.29, 1.82) is 0 Å². The van der Waals surface area contributed by atoms with Crippen LogP contribution in [0.4, 0.5) is 0 Å². The van der Waals surface area contributed by atoms with Crippen molar-refractivity contribution in [3.05, 3.63) is 0 Å². The molecule has 7 nitrogen and oxygen atoms in total. The van der Waals surface area contributed by atoms with Crippen molar-refractivity contribution in [1.82, 2.24) is 9.34 Å². The van der Waals surface area contributed by atoms with Crippen molar-refractivity contribution in [3.63, 3.8) is 0 Å². The van der Waals surface area contributed by atoms with E-state index in [0.717, 1.165) is 26.2 Å². The Morgan fingerprint density at radius 2 is 1.38 bits per heavy atom. The van der Waals surface area contributed by atoms with Crippen LogP contribution < -0.4 is 0 Å². The SMILES string of the molecule is CCN(CC)[P@]1(=S)OC[C@H]2O[C@@H](O1)[C@@H]1O[P@@](=S)(N(CC)CC)O[C@@H]12. The summed E-state index contributed by atoms with van der Waals surface area (Å²) in [6, 6.07) is 0. The molecule has 140 valence electrons. The highest BCUT2D eigenvalue weighted by Crippen LogP contribution is 2.65. The molecule has 2 bridgehead atoms. The average molecular weight is 416 g/mol. The molecule has 0 spiro atoms. The molecule has 11 heteroatoms. The maximum absolute atomic E-state index is 6.20. The number of hydrogen-bond acceptors (Lipinski definition) is 7. The molecule has 6 atom stereocenters. The van der Waals surface area contributed by atoms with Crippen LogP contribution in [0.15, 0.2) is 0 Å². The smallest absolute Gasteiger partial charge is 0.266 e. The van der Waals surface area contributed by atoms with E-state index in [1.165, 1.54) is 0 Å². The Morgan fingerprint density at radius 1 is 0.833 bits per heavy atom. The van der Waals surface area contributed by atoms with Crippen LogP contribution in [0.3, 0.4) is 0 Å². The van der Waals surface area contributed by atoms with Crippen LogP contribution in [0.2, 0.25) is 0 Å². The third kappa shape index (κ3) is 3.32. The van der Waals surface area contributed by atoms with E-state index in [9.17, 15) is 0 Å². The van der Waals surface area contributed by atoms with Crippen molar-refractivity contribution >= 4 is 36.9 Å². The number of ether oxygens (including phenoxy) is 1. The molecule has 3 aliphatic heterocycles. The standard InChI is InChI=1S/C13H26N2O5P2S2/c1-5-14(6-2)21(23)16-9-10-11-12(13(17-10)20-21)19-22(24,18-11)15(7-3)8-4/h10-13H,5-9H2,1-4H3/t10-,11-,12-,13+,21+,22-/m1/s1. The van der Waals surface area contributed by atoms with E-state index in [-0.39, 0.29) is 18.3 Å². The van der Waals surface area contributed by atoms with Gasteiger partial charge < -0.3 is 18.3 Å². The molecular formula is C13H26N2O5P2S2. The quantitative estimate of drug-likeness (QED) is 0.608. The summed E-state index contributed by atoms with van der Waals surface area (Å²) in [4.78, 5) is 0. The lowest BCUT2D eigenvalue weighted by molar-refractivity contribution is -0.0954. The highest BCUT2D eigenvalue weighted by atomic mass is 32.5. The third-order valence-electron chi connectivity index (χ3n) is 4.57. The first-order valence-electron chi connectivity index (χ1n) is 8.46. The van der Waals surface area contributed by atoms with Crippen LogP contribution in [0.1, 0.15) is 27.7 Å². The van der Waals surface area contributed by atoms with Crippen LogP contribution in [0.25, 0.3) is 0 Å². The van der Waals surface area contributed by atoms with Crippen LogP contribution in [-0.4, -0.2) is 66.7 Å². The first kappa shape index (κ1) is 19.8. The first-order chi connectivity index (χ1) is 11.4. The average Bonchev–Trinajstić information content (AvgIpc) is 2.96. The Balaban J connectivity index is 1.81. The lowest BCUT2D eigenvalue weighted by Gasteiger charge is -2.33.